The summed E-state index contributed by atoms with van der Waals surface area (Å²) in [6.45, 7) is 0.720. The van der Waals surface area contributed by atoms with E-state index in [1.54, 1.807) is 12.1 Å². The molecule has 1 fully saturated rings. The van der Waals surface area contributed by atoms with E-state index in [1.165, 1.54) is 19.4 Å². The van der Waals surface area contributed by atoms with Gasteiger partial charge >= 0.3 is 0 Å². The molecular formula is C19H22F3N3OS. The molecule has 0 aromatic heterocycles. The predicted molar refractivity (Wildman–Crippen MR) is 101 cm³/mol. The van der Waals surface area contributed by atoms with E-state index in [0.717, 1.165) is 31.2 Å². The van der Waals surface area contributed by atoms with E-state index < -0.39 is 27.4 Å². The van der Waals surface area contributed by atoms with Crippen LogP contribution in [0.2, 0.25) is 0 Å². The van der Waals surface area contributed by atoms with Crippen LogP contribution in [0.1, 0.15) is 12.0 Å². The molecular weight excluding hydrogens is 375 g/mol. The normalized spacial score (nSPS) is 21.8. The Kier molecular flexibility index (Phi) is 5.88. The van der Waals surface area contributed by atoms with Crippen molar-refractivity contribution >= 4 is 9.92 Å². The van der Waals surface area contributed by atoms with Crippen molar-refractivity contribution in [3.8, 4) is 11.1 Å². The molecule has 0 amide bonds. The fourth-order valence-electron chi connectivity index (χ4n) is 3.36. The van der Waals surface area contributed by atoms with E-state index in [4.69, 9.17) is 0 Å². The van der Waals surface area contributed by atoms with Crippen LogP contribution in [0, 0.1) is 17.5 Å². The van der Waals surface area contributed by atoms with Crippen LogP contribution in [0.15, 0.2) is 40.8 Å². The number of hydrogen-bond acceptors (Lipinski definition) is 3. The van der Waals surface area contributed by atoms with Gasteiger partial charge in [0.25, 0.3) is 0 Å². The van der Waals surface area contributed by atoms with Crippen LogP contribution in [0.25, 0.3) is 11.1 Å². The highest BCUT2D eigenvalue weighted by Gasteiger charge is 2.29. The second-order valence-corrected chi connectivity index (χ2v) is 8.91. The van der Waals surface area contributed by atoms with Gasteiger partial charge < -0.3 is 5.32 Å². The fraction of sp³-hybridized carbons (Fsp3) is 0.368. The molecule has 2 aromatic carbocycles. The molecule has 1 unspecified atom stereocenters. The number of nitrogens with one attached hydrogen (secondary N) is 2. The van der Waals surface area contributed by atoms with Crippen molar-refractivity contribution in [2.45, 2.75) is 24.9 Å². The fourth-order valence-corrected chi connectivity index (χ4v) is 4.31. The lowest BCUT2D eigenvalue weighted by Gasteiger charge is -2.22. The summed E-state index contributed by atoms with van der Waals surface area (Å²) in [6.07, 6.45) is 2.64. The lowest BCUT2D eigenvalue weighted by Crippen LogP contribution is -2.44. The van der Waals surface area contributed by atoms with Crippen LogP contribution in [0.5, 0.6) is 0 Å². The van der Waals surface area contributed by atoms with Gasteiger partial charge in [0.1, 0.15) is 27.4 Å². The summed E-state index contributed by atoms with van der Waals surface area (Å²) in [5.74, 6) is -2.01. The first-order chi connectivity index (χ1) is 12.8. The Balaban J connectivity index is 1.87. The average molecular weight is 397 g/mol. The van der Waals surface area contributed by atoms with Crippen molar-refractivity contribution in [1.82, 2.24) is 10.0 Å². The minimum absolute atomic E-state index is 0.110. The molecule has 0 radical (unpaired) electrons. The molecule has 0 saturated carbocycles. The molecule has 27 heavy (non-hydrogen) atoms. The number of benzene rings is 2. The van der Waals surface area contributed by atoms with Crippen LogP contribution in [0.4, 0.5) is 13.2 Å². The molecule has 1 heterocycles. The zero-order valence-corrected chi connectivity index (χ0v) is 16.0. The summed E-state index contributed by atoms with van der Waals surface area (Å²) in [5.41, 5.74) is 0.734. The topological polar surface area (TPSA) is 53.5 Å². The highest BCUT2D eigenvalue weighted by molar-refractivity contribution is 7.91. The van der Waals surface area contributed by atoms with Crippen molar-refractivity contribution < 1.29 is 17.4 Å². The van der Waals surface area contributed by atoms with E-state index in [-0.39, 0.29) is 23.2 Å². The first kappa shape index (κ1) is 19.9. The van der Waals surface area contributed by atoms with Gasteiger partial charge in [0, 0.05) is 37.0 Å². The van der Waals surface area contributed by atoms with E-state index in [1.807, 2.05) is 0 Å². The minimum Gasteiger partial charge on any atom is -0.312 e. The molecule has 0 spiro atoms. The van der Waals surface area contributed by atoms with Gasteiger partial charge in [-0.3, -0.25) is 0 Å². The third-order valence-corrected chi connectivity index (χ3v) is 6.19. The maximum atomic E-state index is 15.0. The smallest absolute Gasteiger partial charge is 0.134 e. The maximum Gasteiger partial charge on any atom is 0.134 e. The lowest BCUT2D eigenvalue weighted by molar-refractivity contribution is 0.496. The van der Waals surface area contributed by atoms with E-state index in [0.29, 0.717) is 12.0 Å². The molecule has 2 aromatic rings. The zero-order chi connectivity index (χ0) is 19.6. The summed E-state index contributed by atoms with van der Waals surface area (Å²) in [6, 6.07) is 7.56. The highest BCUT2D eigenvalue weighted by atomic mass is 32.2. The van der Waals surface area contributed by atoms with Crippen LogP contribution in [-0.4, -0.2) is 36.1 Å². The maximum absolute atomic E-state index is 15.0. The molecule has 1 aliphatic rings. The highest BCUT2D eigenvalue weighted by Crippen LogP contribution is 2.28. The molecule has 0 aliphatic carbocycles. The zero-order valence-electron chi connectivity index (χ0n) is 15.1. The first-order valence-electron chi connectivity index (χ1n) is 8.64. The molecule has 3 rings (SSSR count). The van der Waals surface area contributed by atoms with Crippen LogP contribution in [-0.2, 0) is 16.3 Å². The van der Waals surface area contributed by atoms with Gasteiger partial charge in [-0.25, -0.2) is 26.5 Å². The van der Waals surface area contributed by atoms with E-state index in [2.05, 4.69) is 14.4 Å². The van der Waals surface area contributed by atoms with E-state index in [9.17, 15) is 13.0 Å². The third kappa shape index (κ3) is 4.69. The van der Waals surface area contributed by atoms with Gasteiger partial charge in [-0.2, -0.15) is 0 Å². The van der Waals surface area contributed by atoms with Crippen LogP contribution < -0.4 is 10.0 Å². The van der Waals surface area contributed by atoms with Crippen molar-refractivity contribution in [2.24, 2.45) is 4.36 Å². The van der Waals surface area contributed by atoms with Gasteiger partial charge in [-0.1, -0.05) is 18.2 Å². The molecule has 2 N–H and O–H groups in total. The Morgan fingerprint density at radius 2 is 1.93 bits per heavy atom. The van der Waals surface area contributed by atoms with Gasteiger partial charge in [0.05, 0.1) is 0 Å². The number of hydrogen-bond donors (Lipinski definition) is 2. The molecule has 146 valence electrons. The third-order valence-electron chi connectivity index (χ3n) is 4.76. The average Bonchev–Trinajstić information content (AvgIpc) is 3.02. The molecule has 8 heteroatoms. The lowest BCUT2D eigenvalue weighted by atomic mass is 9.96. The van der Waals surface area contributed by atoms with Crippen molar-refractivity contribution in [1.29, 1.82) is 0 Å². The van der Waals surface area contributed by atoms with Crippen LogP contribution >= 0.6 is 0 Å². The monoisotopic (exact) mass is 397 g/mol. The number of rotatable bonds is 5. The second kappa shape index (κ2) is 8.00. The van der Waals surface area contributed by atoms with Gasteiger partial charge in [0.15, 0.2) is 0 Å². The molecule has 4 nitrogen and oxygen atoms in total. The largest absolute Gasteiger partial charge is 0.312 e. The molecule has 1 saturated heterocycles. The van der Waals surface area contributed by atoms with Crippen molar-refractivity contribution in [3.05, 3.63) is 59.4 Å². The summed E-state index contributed by atoms with van der Waals surface area (Å²) >= 11 is 0. The Morgan fingerprint density at radius 1 is 1.22 bits per heavy atom. The summed E-state index contributed by atoms with van der Waals surface area (Å²) in [7, 11) is -0.997. The Labute approximate surface area is 157 Å². The Bertz CT molecular complexity index is 937. The Hall–Kier alpha value is -1.90. The Morgan fingerprint density at radius 3 is 2.59 bits per heavy atom. The minimum atomic E-state index is -2.49. The quantitative estimate of drug-likeness (QED) is 0.814. The summed E-state index contributed by atoms with van der Waals surface area (Å²) in [5, 5.41) is 3.29. The molecule has 0 bridgehead atoms. The summed E-state index contributed by atoms with van der Waals surface area (Å²) < 4.78 is 61.2. The van der Waals surface area contributed by atoms with Crippen LogP contribution in [0.3, 0.4) is 0 Å². The van der Waals surface area contributed by atoms with Crippen molar-refractivity contribution in [2.75, 3.05) is 19.8 Å². The molecule has 3 atom stereocenters. The number of nitrogens with zero attached hydrogens (tertiary/aromatic N) is 1. The predicted octanol–water partition coefficient (Wildman–Crippen LogP) is 3.28. The van der Waals surface area contributed by atoms with Gasteiger partial charge in [0.2, 0.25) is 0 Å². The standard InChI is InChI=1S/C19H22F3N3OS/c1-23-27(2,26)25-17-6-7-24-18(17)10-12-4-3-5-16(19(12)22)13-8-14(20)11-15(21)9-13/h3-5,8-9,11,17-18,24H,6-7,10H2,1-2H3,(H,23,25,26)/t17-,18-,27?/m0/s1. The van der Waals surface area contributed by atoms with Crippen molar-refractivity contribution in [3.63, 3.8) is 0 Å². The first-order valence-corrected chi connectivity index (χ1v) is 10.6. The second-order valence-electron chi connectivity index (χ2n) is 6.70. The van der Waals surface area contributed by atoms with Gasteiger partial charge in [-0.05, 0) is 42.6 Å². The van der Waals surface area contributed by atoms with Gasteiger partial charge in [-0.15, -0.1) is 0 Å². The SMILES string of the molecule is CN=S(C)(=O)N[C@H]1CCN[C@H]1Cc1cccc(-c2cc(F)cc(F)c2)c1F. The number of halogens is 3. The van der Waals surface area contributed by atoms with E-state index >= 15 is 4.39 Å². The molecule has 1 aliphatic heterocycles. The summed E-state index contributed by atoms with van der Waals surface area (Å²) in [4.78, 5) is 0.